The number of pyridine rings is 1. The Kier molecular flexibility index (Phi) is 12.7. The number of esters is 1. The monoisotopic (exact) mass is 576 g/mol. The van der Waals surface area contributed by atoms with E-state index in [-0.39, 0.29) is 41.9 Å². The minimum atomic E-state index is -1.16. The summed E-state index contributed by atoms with van der Waals surface area (Å²) in [6.07, 6.45) is 3.72. The Labute approximate surface area is 200 Å². The van der Waals surface area contributed by atoms with Crippen LogP contribution < -0.4 is 37.4 Å². The topological polar surface area (TPSA) is 161 Å². The van der Waals surface area contributed by atoms with Crippen molar-refractivity contribution in [2.45, 2.75) is 45.2 Å². The summed E-state index contributed by atoms with van der Waals surface area (Å²) in [7, 11) is 0. The number of carboxylic acid groups (broad SMARTS) is 1. The first-order valence-electron chi connectivity index (χ1n) is 10.0. The van der Waals surface area contributed by atoms with Crippen molar-refractivity contribution in [3.63, 3.8) is 0 Å². The molecule has 0 unspecified atom stereocenters. The predicted molar refractivity (Wildman–Crippen MR) is 114 cm³/mol. The molecule has 0 aliphatic carbocycles. The van der Waals surface area contributed by atoms with E-state index in [1.54, 1.807) is 11.9 Å². The van der Waals surface area contributed by atoms with Crippen molar-refractivity contribution in [1.82, 2.24) is 9.88 Å². The van der Waals surface area contributed by atoms with Gasteiger partial charge in [0.2, 0.25) is 0 Å². The van der Waals surface area contributed by atoms with Gasteiger partial charge < -0.3 is 9.84 Å². The van der Waals surface area contributed by atoms with Crippen LogP contribution in [0.15, 0.2) is 35.3 Å². The van der Waals surface area contributed by atoms with Crippen molar-refractivity contribution in [1.29, 1.82) is 0 Å². The summed E-state index contributed by atoms with van der Waals surface area (Å²) in [5, 5.41) is 13.7. The van der Waals surface area contributed by atoms with E-state index in [1.165, 1.54) is 35.0 Å². The van der Waals surface area contributed by atoms with Gasteiger partial charge in [-0.3, -0.25) is 4.79 Å². The zero-order valence-electron chi connectivity index (χ0n) is 18.3. The third kappa shape index (κ3) is 10.9. The SMILES string of the molecule is CCOC(=O)/C=C/CC[C@H](NC(=O)CCC(=O)O)C(=O)Nc1cccn(CC(=O)[I-]C)c1=O. The molecule has 2 amide bonds. The standard InChI is InChI=1S/C21H27IN3O8/c1-3-33-19(30)9-5-4-7-14(23-17(27)10-11-18(28)29)20(31)24-15-8-6-12-25(21(15)32)13-16(26)22-2/h5-6,8-9,12,14H,3-4,7,10-11,13H2,1-2H3,(H,23,27)(H,24,31)(H,28,29)/q-1/b9-5+/t14-/m0/s1. The number of hydrogen-bond acceptors (Lipinski definition) is 7. The Morgan fingerprint density at radius 3 is 2.61 bits per heavy atom. The number of amides is 2. The number of rotatable bonds is 14. The van der Waals surface area contributed by atoms with Gasteiger partial charge in [0.05, 0.1) is 6.61 Å². The van der Waals surface area contributed by atoms with Crippen LogP contribution in [0.1, 0.15) is 32.6 Å². The number of carbonyl (C=O) groups is 5. The number of carboxylic acids is 1. The van der Waals surface area contributed by atoms with E-state index in [2.05, 4.69) is 10.6 Å². The first-order chi connectivity index (χ1) is 15.7. The molecule has 1 heterocycles. The quantitative estimate of drug-likeness (QED) is 0.0709. The van der Waals surface area contributed by atoms with E-state index in [1.807, 2.05) is 0 Å². The van der Waals surface area contributed by atoms with Crippen LogP contribution in [0.5, 0.6) is 0 Å². The zero-order valence-corrected chi connectivity index (χ0v) is 20.5. The number of nitrogens with zero attached hydrogens (tertiary/aromatic N) is 1. The van der Waals surface area contributed by atoms with E-state index < -0.39 is 63.0 Å². The van der Waals surface area contributed by atoms with Gasteiger partial charge >= 0.3 is 168 Å². The summed E-state index contributed by atoms with van der Waals surface area (Å²) in [4.78, 5) is 73.0. The minimum absolute atomic E-state index is 0.0451. The number of anilines is 1. The molecule has 1 aromatic rings. The van der Waals surface area contributed by atoms with Crippen molar-refractivity contribution in [3.8, 4) is 0 Å². The molecule has 0 aliphatic heterocycles. The number of alkyl halides is 1. The summed E-state index contributed by atoms with van der Waals surface area (Å²) in [6, 6.07) is 1.81. The number of aliphatic carboxylic acids is 1. The molecule has 0 saturated carbocycles. The number of ether oxygens (including phenoxy) is 1. The van der Waals surface area contributed by atoms with E-state index in [0.29, 0.717) is 0 Å². The molecule has 11 nitrogen and oxygen atoms in total. The molecule has 33 heavy (non-hydrogen) atoms. The van der Waals surface area contributed by atoms with Crippen LogP contribution in [0.4, 0.5) is 5.69 Å². The van der Waals surface area contributed by atoms with Crippen molar-refractivity contribution >= 4 is 33.2 Å². The number of allylic oxidation sites excluding steroid dienone is 1. The van der Waals surface area contributed by atoms with Crippen molar-refractivity contribution in [3.05, 3.63) is 40.8 Å². The molecule has 0 saturated heterocycles. The molecule has 0 bridgehead atoms. The molecule has 1 atom stereocenters. The van der Waals surface area contributed by atoms with Gasteiger partial charge in [0, 0.05) is 0 Å². The average molecular weight is 576 g/mol. The van der Waals surface area contributed by atoms with Crippen molar-refractivity contribution in [2.24, 2.45) is 0 Å². The second-order valence-corrected chi connectivity index (χ2v) is 8.92. The Bertz CT molecular complexity index is 957. The van der Waals surface area contributed by atoms with Crippen LogP contribution in [-0.4, -0.2) is 54.8 Å². The van der Waals surface area contributed by atoms with Crippen molar-refractivity contribution < 1.29 is 55.0 Å². The fourth-order valence-corrected chi connectivity index (χ4v) is 3.27. The molecule has 3 N–H and O–H groups in total. The molecule has 0 spiro atoms. The summed E-state index contributed by atoms with van der Waals surface area (Å²) in [5.41, 5.74) is -0.619. The molecule has 182 valence electrons. The molecule has 0 radical (unpaired) electrons. The molecule has 12 heteroatoms. The summed E-state index contributed by atoms with van der Waals surface area (Å²) in [5.74, 6) is -3.03. The number of hydrogen-bond donors (Lipinski definition) is 3. The maximum absolute atomic E-state index is 12.8. The molecule has 0 aliphatic rings. The zero-order chi connectivity index (χ0) is 24.8. The second-order valence-electron chi connectivity index (χ2n) is 6.63. The van der Waals surface area contributed by atoms with Crippen LogP contribution in [0.25, 0.3) is 0 Å². The van der Waals surface area contributed by atoms with Crippen LogP contribution in [0.2, 0.25) is 0 Å². The van der Waals surface area contributed by atoms with Gasteiger partial charge in [-0.05, 0) is 6.92 Å². The Morgan fingerprint density at radius 1 is 1.24 bits per heavy atom. The fraction of sp³-hybridized carbons (Fsp3) is 0.429. The van der Waals surface area contributed by atoms with E-state index in [4.69, 9.17) is 9.84 Å². The summed E-state index contributed by atoms with van der Waals surface area (Å²) in [6.45, 7) is 1.80. The van der Waals surface area contributed by atoms with Crippen LogP contribution in [-0.2, 0) is 35.3 Å². The summed E-state index contributed by atoms with van der Waals surface area (Å²) >= 11 is -0.682. The molecule has 1 aromatic heterocycles. The Morgan fingerprint density at radius 2 is 1.97 bits per heavy atom. The van der Waals surface area contributed by atoms with Gasteiger partial charge in [-0.25, -0.2) is 4.79 Å². The number of carbonyl (C=O) groups excluding carboxylic acids is 4. The van der Waals surface area contributed by atoms with Gasteiger partial charge in [-0.2, -0.15) is 0 Å². The normalized spacial score (nSPS) is 11.7. The number of aromatic nitrogens is 1. The van der Waals surface area contributed by atoms with Gasteiger partial charge in [-0.1, -0.05) is 0 Å². The third-order valence-corrected chi connectivity index (χ3v) is 5.71. The van der Waals surface area contributed by atoms with Crippen LogP contribution in [0.3, 0.4) is 0 Å². The predicted octanol–water partition coefficient (Wildman–Crippen LogP) is -2.72. The van der Waals surface area contributed by atoms with Gasteiger partial charge in [-0.15, -0.1) is 0 Å². The average Bonchev–Trinajstić information content (AvgIpc) is 2.77. The van der Waals surface area contributed by atoms with E-state index >= 15 is 0 Å². The first-order valence-corrected chi connectivity index (χ1v) is 13.3. The van der Waals surface area contributed by atoms with Gasteiger partial charge in [0.15, 0.2) is 0 Å². The van der Waals surface area contributed by atoms with E-state index in [9.17, 15) is 28.8 Å². The van der Waals surface area contributed by atoms with Crippen LogP contribution in [0, 0.1) is 0 Å². The molecule has 0 aromatic carbocycles. The van der Waals surface area contributed by atoms with Gasteiger partial charge in [0.1, 0.15) is 0 Å². The molecule has 0 fully saturated rings. The summed E-state index contributed by atoms with van der Waals surface area (Å²) < 4.78 is 5.92. The fourth-order valence-electron chi connectivity index (χ4n) is 2.56. The number of nitrogens with one attached hydrogen (secondary N) is 2. The first kappa shape index (κ1) is 28.0. The Balaban J connectivity index is 2.93. The van der Waals surface area contributed by atoms with Crippen LogP contribution >= 0.6 is 0 Å². The maximum atomic E-state index is 12.8. The second kappa shape index (κ2) is 14.9. The molecular formula is C21H27IN3O8-. The molecular weight excluding hydrogens is 549 g/mol. The van der Waals surface area contributed by atoms with E-state index in [0.717, 1.165) is 0 Å². The Hall–Kier alpha value is -3.03. The third-order valence-electron chi connectivity index (χ3n) is 4.16. The molecule has 1 rings (SSSR count). The van der Waals surface area contributed by atoms with Crippen molar-refractivity contribution in [2.75, 3.05) is 16.9 Å². The number of halogens is 1. The van der Waals surface area contributed by atoms with Gasteiger partial charge in [0.25, 0.3) is 0 Å².